The van der Waals surface area contributed by atoms with Crippen LogP contribution in [0, 0.1) is 0 Å². The van der Waals surface area contributed by atoms with Crippen LogP contribution >= 0.6 is 0 Å². The second-order valence-electron chi connectivity index (χ2n) is 5.87. The van der Waals surface area contributed by atoms with Crippen molar-refractivity contribution >= 4 is 10.0 Å². The number of aliphatic hydroxyl groups is 1. The third-order valence-electron chi connectivity index (χ3n) is 3.98. The van der Waals surface area contributed by atoms with Crippen LogP contribution in [0.3, 0.4) is 0 Å². The van der Waals surface area contributed by atoms with Crippen LogP contribution in [0.4, 0.5) is 0 Å². The van der Waals surface area contributed by atoms with Gasteiger partial charge in [-0.3, -0.25) is 0 Å². The fraction of sp³-hybridized carbons (Fsp3) is 0.600. The van der Waals surface area contributed by atoms with E-state index in [4.69, 9.17) is 5.11 Å². The van der Waals surface area contributed by atoms with Gasteiger partial charge in [-0.1, -0.05) is 12.1 Å². The number of nitrogens with zero attached hydrogens (tertiary/aromatic N) is 1. The fourth-order valence-electron chi connectivity index (χ4n) is 2.42. The molecule has 0 saturated heterocycles. The van der Waals surface area contributed by atoms with Gasteiger partial charge in [0.1, 0.15) is 0 Å². The molecule has 1 aromatic carbocycles. The maximum Gasteiger partial charge on any atom is 0.243 e. The number of hydrogen-bond acceptors (Lipinski definition) is 4. The zero-order valence-electron chi connectivity index (χ0n) is 12.0. The standard InChI is InChI=1S/C15H22N2O3S/c18-10-9-17(14-5-6-14)21(19,20)15-7-1-12(2-8-15)11-16-13-3-4-13/h1-2,7-8,13-14,16,18H,3-6,9-11H2. The molecule has 116 valence electrons. The molecule has 0 unspecified atom stereocenters. The highest BCUT2D eigenvalue weighted by Crippen LogP contribution is 2.31. The van der Waals surface area contributed by atoms with Crippen molar-refractivity contribution in [3.63, 3.8) is 0 Å². The molecule has 2 fully saturated rings. The third kappa shape index (κ3) is 3.63. The summed E-state index contributed by atoms with van der Waals surface area (Å²) in [4.78, 5) is 0.318. The van der Waals surface area contributed by atoms with Gasteiger partial charge in [-0.05, 0) is 43.4 Å². The smallest absolute Gasteiger partial charge is 0.243 e. The average molecular weight is 310 g/mol. The second kappa shape index (κ2) is 6.04. The Morgan fingerprint density at radius 2 is 1.81 bits per heavy atom. The molecule has 1 aromatic rings. The summed E-state index contributed by atoms with van der Waals surface area (Å²) in [6, 6.07) is 7.79. The van der Waals surface area contributed by atoms with Gasteiger partial charge in [-0.2, -0.15) is 4.31 Å². The molecular weight excluding hydrogens is 288 g/mol. The summed E-state index contributed by atoms with van der Waals surface area (Å²) in [7, 11) is -3.48. The fourth-order valence-corrected chi connectivity index (χ4v) is 4.10. The molecule has 2 aliphatic rings. The monoisotopic (exact) mass is 310 g/mol. The van der Waals surface area contributed by atoms with Crippen molar-refractivity contribution < 1.29 is 13.5 Å². The Morgan fingerprint density at radius 3 is 2.33 bits per heavy atom. The first-order valence-corrected chi connectivity index (χ1v) is 9.00. The van der Waals surface area contributed by atoms with Crippen LogP contribution in [0.2, 0.25) is 0 Å². The van der Waals surface area contributed by atoms with Gasteiger partial charge < -0.3 is 10.4 Å². The lowest BCUT2D eigenvalue weighted by Gasteiger charge is -2.21. The Balaban J connectivity index is 1.71. The lowest BCUT2D eigenvalue weighted by molar-refractivity contribution is 0.250. The molecule has 0 aliphatic heterocycles. The summed E-state index contributed by atoms with van der Waals surface area (Å²) in [6.07, 6.45) is 4.26. The highest BCUT2D eigenvalue weighted by atomic mass is 32.2. The first-order valence-electron chi connectivity index (χ1n) is 7.56. The van der Waals surface area contributed by atoms with E-state index in [0.717, 1.165) is 24.9 Å². The third-order valence-corrected chi connectivity index (χ3v) is 5.94. The lowest BCUT2D eigenvalue weighted by atomic mass is 10.2. The van der Waals surface area contributed by atoms with Crippen LogP contribution in [0.15, 0.2) is 29.2 Å². The molecular formula is C15H22N2O3S. The molecule has 0 heterocycles. The number of nitrogens with one attached hydrogen (secondary N) is 1. The van der Waals surface area contributed by atoms with Crippen molar-refractivity contribution in [2.24, 2.45) is 0 Å². The molecule has 5 nitrogen and oxygen atoms in total. The van der Waals surface area contributed by atoms with Gasteiger partial charge in [-0.25, -0.2) is 8.42 Å². The number of aliphatic hydroxyl groups excluding tert-OH is 1. The number of sulfonamides is 1. The molecule has 0 bridgehead atoms. The summed E-state index contributed by atoms with van der Waals surface area (Å²) in [5.74, 6) is 0. The molecule has 0 spiro atoms. The summed E-state index contributed by atoms with van der Waals surface area (Å²) in [6.45, 7) is 0.824. The average Bonchev–Trinajstić information content (AvgIpc) is 3.37. The lowest BCUT2D eigenvalue weighted by Crippen LogP contribution is -2.35. The molecule has 2 saturated carbocycles. The molecule has 0 atom stereocenters. The largest absolute Gasteiger partial charge is 0.395 e. The first-order chi connectivity index (χ1) is 10.1. The van der Waals surface area contributed by atoms with Gasteiger partial charge in [0.15, 0.2) is 0 Å². The number of benzene rings is 1. The molecule has 0 radical (unpaired) electrons. The summed E-state index contributed by atoms with van der Waals surface area (Å²) in [5, 5.41) is 12.5. The van der Waals surface area contributed by atoms with E-state index in [9.17, 15) is 8.42 Å². The maximum absolute atomic E-state index is 12.6. The van der Waals surface area contributed by atoms with Crippen molar-refractivity contribution in [3.8, 4) is 0 Å². The van der Waals surface area contributed by atoms with Crippen LogP contribution in [-0.2, 0) is 16.6 Å². The van der Waals surface area contributed by atoms with Crippen LogP contribution in [0.5, 0.6) is 0 Å². The van der Waals surface area contributed by atoms with E-state index < -0.39 is 10.0 Å². The molecule has 0 aromatic heterocycles. The molecule has 21 heavy (non-hydrogen) atoms. The summed E-state index contributed by atoms with van der Waals surface area (Å²) < 4.78 is 26.6. The van der Waals surface area contributed by atoms with Crippen molar-refractivity contribution in [1.82, 2.24) is 9.62 Å². The van der Waals surface area contributed by atoms with E-state index in [-0.39, 0.29) is 19.2 Å². The van der Waals surface area contributed by atoms with Gasteiger partial charge in [0.25, 0.3) is 0 Å². The normalized spacial score (nSPS) is 19.1. The zero-order valence-corrected chi connectivity index (χ0v) is 12.8. The Hall–Kier alpha value is -0.950. The van der Waals surface area contributed by atoms with Crippen LogP contribution in [0.25, 0.3) is 0 Å². The summed E-state index contributed by atoms with van der Waals surface area (Å²) in [5.41, 5.74) is 1.10. The van der Waals surface area contributed by atoms with Crippen molar-refractivity contribution in [3.05, 3.63) is 29.8 Å². The van der Waals surface area contributed by atoms with Gasteiger partial charge in [-0.15, -0.1) is 0 Å². The van der Waals surface area contributed by atoms with E-state index in [0.29, 0.717) is 10.9 Å². The van der Waals surface area contributed by atoms with E-state index in [2.05, 4.69) is 5.32 Å². The van der Waals surface area contributed by atoms with Gasteiger partial charge >= 0.3 is 0 Å². The topological polar surface area (TPSA) is 69.6 Å². The molecule has 6 heteroatoms. The van der Waals surface area contributed by atoms with Crippen molar-refractivity contribution in [2.75, 3.05) is 13.2 Å². The maximum atomic E-state index is 12.6. The highest BCUT2D eigenvalue weighted by Gasteiger charge is 2.37. The van der Waals surface area contributed by atoms with E-state index in [1.54, 1.807) is 12.1 Å². The Morgan fingerprint density at radius 1 is 1.14 bits per heavy atom. The first kappa shape index (κ1) is 15.0. The Bertz CT molecular complexity index is 577. The molecule has 2 N–H and O–H groups in total. The van der Waals surface area contributed by atoms with Gasteiger partial charge in [0, 0.05) is 25.2 Å². The Labute approximate surface area is 126 Å². The van der Waals surface area contributed by atoms with Gasteiger partial charge in [0.2, 0.25) is 10.0 Å². The minimum absolute atomic E-state index is 0.0679. The minimum Gasteiger partial charge on any atom is -0.395 e. The SMILES string of the molecule is O=S(=O)(c1ccc(CNC2CC2)cc1)N(CCO)C1CC1. The Kier molecular flexibility index (Phi) is 4.31. The van der Waals surface area contributed by atoms with Crippen molar-refractivity contribution in [2.45, 2.75) is 49.2 Å². The zero-order chi connectivity index (χ0) is 14.9. The van der Waals surface area contributed by atoms with Crippen LogP contribution < -0.4 is 5.32 Å². The molecule has 2 aliphatic carbocycles. The van der Waals surface area contributed by atoms with Crippen molar-refractivity contribution in [1.29, 1.82) is 0 Å². The molecule has 3 rings (SSSR count). The van der Waals surface area contributed by atoms with E-state index >= 15 is 0 Å². The van der Waals surface area contributed by atoms with E-state index in [1.165, 1.54) is 17.1 Å². The minimum atomic E-state index is -3.48. The van der Waals surface area contributed by atoms with Crippen LogP contribution in [-0.4, -0.2) is 43.1 Å². The van der Waals surface area contributed by atoms with Gasteiger partial charge in [0.05, 0.1) is 11.5 Å². The second-order valence-corrected chi connectivity index (χ2v) is 7.76. The quantitative estimate of drug-likeness (QED) is 0.754. The summed E-state index contributed by atoms with van der Waals surface area (Å²) >= 11 is 0. The van der Waals surface area contributed by atoms with E-state index in [1.807, 2.05) is 12.1 Å². The predicted molar refractivity (Wildman–Crippen MR) is 80.3 cm³/mol. The molecule has 0 amide bonds. The number of hydrogen-bond donors (Lipinski definition) is 2. The highest BCUT2D eigenvalue weighted by molar-refractivity contribution is 7.89. The number of rotatable bonds is 8. The van der Waals surface area contributed by atoms with Crippen LogP contribution in [0.1, 0.15) is 31.2 Å². The predicted octanol–water partition coefficient (Wildman–Crippen LogP) is 1.08.